The van der Waals surface area contributed by atoms with Crippen molar-refractivity contribution in [2.75, 3.05) is 5.32 Å². The van der Waals surface area contributed by atoms with Crippen LogP contribution in [0.1, 0.15) is 34.0 Å². The third-order valence-electron chi connectivity index (χ3n) is 6.63. The molecule has 0 spiro atoms. The number of hydrogen-bond acceptors (Lipinski definition) is 3. The van der Waals surface area contributed by atoms with Crippen LogP contribution in [0.5, 0.6) is 0 Å². The van der Waals surface area contributed by atoms with Crippen molar-refractivity contribution in [1.29, 1.82) is 0 Å². The van der Waals surface area contributed by atoms with Gasteiger partial charge in [0.2, 0.25) is 5.91 Å². The second-order valence-electron chi connectivity index (χ2n) is 8.90. The van der Waals surface area contributed by atoms with Gasteiger partial charge in [-0.2, -0.15) is 0 Å². The summed E-state index contributed by atoms with van der Waals surface area (Å²) in [7, 11) is 0. The predicted molar refractivity (Wildman–Crippen MR) is 144 cm³/mol. The first-order valence-corrected chi connectivity index (χ1v) is 11.9. The molecule has 1 heterocycles. The molecule has 1 N–H and O–H groups in total. The van der Waals surface area contributed by atoms with Crippen LogP contribution in [0.25, 0.3) is 10.9 Å². The number of para-hydroxylation sites is 1. The Morgan fingerprint density at radius 1 is 0.722 bits per heavy atom. The molecule has 4 aromatic carbocycles. The number of carbonyl (C=O) groups excluding carboxylic acids is 2. The number of anilines is 1. The lowest BCUT2D eigenvalue weighted by Crippen LogP contribution is -2.43. The van der Waals surface area contributed by atoms with E-state index in [1.807, 2.05) is 115 Å². The topological polar surface area (TPSA) is 59.1 Å². The normalized spacial score (nSPS) is 11.2. The number of fused-ring (bicyclic) bond motifs is 1. The van der Waals surface area contributed by atoms with Gasteiger partial charge in [-0.1, -0.05) is 103 Å². The van der Waals surface area contributed by atoms with E-state index in [1.165, 1.54) is 0 Å². The number of ketones is 1. The van der Waals surface area contributed by atoms with E-state index >= 15 is 0 Å². The molecule has 0 unspecified atom stereocenters. The summed E-state index contributed by atoms with van der Waals surface area (Å²) in [5.74, 6) is -0.131. The van der Waals surface area contributed by atoms with Crippen LogP contribution in [-0.4, -0.2) is 16.7 Å². The van der Waals surface area contributed by atoms with Crippen molar-refractivity contribution in [1.82, 2.24) is 4.98 Å². The van der Waals surface area contributed by atoms with Gasteiger partial charge >= 0.3 is 0 Å². The van der Waals surface area contributed by atoms with Crippen LogP contribution in [0, 0.1) is 0 Å². The molecule has 4 nitrogen and oxygen atoms in total. The summed E-state index contributed by atoms with van der Waals surface area (Å²) in [6.45, 7) is 1.55. The van der Waals surface area contributed by atoms with Crippen LogP contribution in [0.15, 0.2) is 121 Å². The van der Waals surface area contributed by atoms with Crippen molar-refractivity contribution in [2.24, 2.45) is 0 Å². The van der Waals surface area contributed by atoms with Gasteiger partial charge in [0.25, 0.3) is 0 Å². The van der Waals surface area contributed by atoms with Gasteiger partial charge in [0.15, 0.2) is 5.78 Å². The first-order valence-electron chi connectivity index (χ1n) is 11.9. The number of amides is 1. The van der Waals surface area contributed by atoms with E-state index in [-0.39, 0.29) is 11.7 Å². The quantitative estimate of drug-likeness (QED) is 0.273. The summed E-state index contributed by atoms with van der Waals surface area (Å²) in [6, 6.07) is 36.9. The number of nitrogens with one attached hydrogen (secondary N) is 1. The van der Waals surface area contributed by atoms with E-state index in [0.29, 0.717) is 17.7 Å². The lowest BCUT2D eigenvalue weighted by Gasteiger charge is -2.34. The zero-order chi connectivity index (χ0) is 25.0. The van der Waals surface area contributed by atoms with Crippen LogP contribution in [0.4, 0.5) is 5.69 Å². The van der Waals surface area contributed by atoms with Crippen molar-refractivity contribution < 1.29 is 9.59 Å². The monoisotopic (exact) mass is 470 g/mol. The van der Waals surface area contributed by atoms with Gasteiger partial charge in [0, 0.05) is 17.1 Å². The zero-order valence-corrected chi connectivity index (χ0v) is 20.0. The van der Waals surface area contributed by atoms with E-state index in [1.54, 1.807) is 13.1 Å². The number of pyridine rings is 1. The second-order valence-corrected chi connectivity index (χ2v) is 8.90. The van der Waals surface area contributed by atoms with Crippen LogP contribution < -0.4 is 5.32 Å². The molecule has 5 rings (SSSR count). The number of nitrogens with zero attached hydrogens (tertiary/aromatic N) is 1. The predicted octanol–water partition coefficient (Wildman–Crippen LogP) is 6.60. The molecule has 0 aliphatic heterocycles. The Bertz CT molecular complexity index is 1470. The highest BCUT2D eigenvalue weighted by molar-refractivity contribution is 6.06. The summed E-state index contributed by atoms with van der Waals surface area (Å²) >= 11 is 0. The van der Waals surface area contributed by atoms with Gasteiger partial charge in [-0.05, 0) is 42.2 Å². The third kappa shape index (κ3) is 4.41. The third-order valence-corrected chi connectivity index (χ3v) is 6.63. The van der Waals surface area contributed by atoms with Crippen LogP contribution in [0.3, 0.4) is 0 Å². The molecular weight excluding hydrogens is 444 g/mol. The number of aromatic nitrogens is 1. The summed E-state index contributed by atoms with van der Waals surface area (Å²) < 4.78 is 0. The molecule has 0 fully saturated rings. The van der Waals surface area contributed by atoms with Crippen molar-refractivity contribution >= 4 is 28.3 Å². The molecule has 0 atom stereocenters. The highest BCUT2D eigenvalue weighted by atomic mass is 16.2. The van der Waals surface area contributed by atoms with Crippen molar-refractivity contribution in [3.05, 3.63) is 144 Å². The first kappa shape index (κ1) is 23.2. The number of carbonyl (C=O) groups is 2. The van der Waals surface area contributed by atoms with Crippen LogP contribution >= 0.6 is 0 Å². The molecule has 0 aliphatic rings. The summed E-state index contributed by atoms with van der Waals surface area (Å²) in [5, 5.41) is 4.18. The molecular formula is C32H26N2O2. The van der Waals surface area contributed by atoms with Gasteiger partial charge in [-0.25, -0.2) is 0 Å². The van der Waals surface area contributed by atoms with Crippen molar-refractivity contribution in [3.63, 3.8) is 0 Å². The lowest BCUT2D eigenvalue weighted by molar-refractivity contribution is -0.120. The van der Waals surface area contributed by atoms with Gasteiger partial charge in [-0.15, -0.1) is 0 Å². The molecule has 176 valence electrons. The standard InChI is InChI=1S/C32H26N2O2/c1-23(35)25-19-17-24(18-20-25)22-32(27-12-4-2-5-13-27,28-14-6-3-7-15-28)31(36)34-29-16-8-10-26-11-9-21-33-30(26)29/h2-21H,22H2,1H3,(H,34,36). The Balaban J connectivity index is 1.67. The number of benzene rings is 4. The smallest absolute Gasteiger partial charge is 0.239 e. The molecule has 0 bridgehead atoms. The van der Waals surface area contributed by atoms with E-state index in [4.69, 9.17) is 0 Å². The Labute approximate surface area is 210 Å². The van der Waals surface area contributed by atoms with E-state index in [2.05, 4.69) is 10.3 Å². The average molecular weight is 471 g/mol. The Morgan fingerprint density at radius 3 is 1.94 bits per heavy atom. The summed E-state index contributed by atoms with van der Waals surface area (Å²) in [5.41, 5.74) is 3.77. The van der Waals surface area contributed by atoms with Gasteiger partial charge in [0.1, 0.15) is 5.41 Å². The Hall–Kier alpha value is -4.57. The van der Waals surface area contributed by atoms with Gasteiger partial charge < -0.3 is 5.32 Å². The fraction of sp³-hybridized carbons (Fsp3) is 0.0938. The molecule has 5 aromatic rings. The highest BCUT2D eigenvalue weighted by Crippen LogP contribution is 2.38. The maximum absolute atomic E-state index is 14.5. The van der Waals surface area contributed by atoms with E-state index < -0.39 is 5.41 Å². The molecule has 0 radical (unpaired) electrons. The van der Waals surface area contributed by atoms with Gasteiger partial charge in [-0.3, -0.25) is 14.6 Å². The van der Waals surface area contributed by atoms with Crippen molar-refractivity contribution in [2.45, 2.75) is 18.8 Å². The minimum atomic E-state index is -1.02. The number of hydrogen-bond donors (Lipinski definition) is 1. The molecule has 0 saturated carbocycles. The summed E-state index contributed by atoms with van der Waals surface area (Å²) in [4.78, 5) is 30.8. The number of Topliss-reactive ketones (excluding diaryl/α,β-unsaturated/α-hetero) is 1. The second kappa shape index (κ2) is 9.96. The maximum Gasteiger partial charge on any atom is 0.239 e. The summed E-state index contributed by atoms with van der Waals surface area (Å²) in [6.07, 6.45) is 2.15. The van der Waals surface area contributed by atoms with Crippen molar-refractivity contribution in [3.8, 4) is 0 Å². The minimum absolute atomic E-state index is 0.0140. The van der Waals surface area contributed by atoms with E-state index in [0.717, 1.165) is 27.6 Å². The Morgan fingerprint density at radius 2 is 1.33 bits per heavy atom. The highest BCUT2D eigenvalue weighted by Gasteiger charge is 2.42. The SMILES string of the molecule is CC(=O)c1ccc(CC(C(=O)Nc2cccc3cccnc23)(c2ccccc2)c2ccccc2)cc1. The average Bonchev–Trinajstić information content (AvgIpc) is 2.93. The molecule has 0 saturated heterocycles. The maximum atomic E-state index is 14.5. The van der Waals surface area contributed by atoms with E-state index in [9.17, 15) is 9.59 Å². The molecule has 1 aromatic heterocycles. The fourth-order valence-electron chi connectivity index (χ4n) is 4.76. The molecule has 36 heavy (non-hydrogen) atoms. The largest absolute Gasteiger partial charge is 0.323 e. The molecule has 0 aliphatic carbocycles. The molecule has 4 heteroatoms. The fourth-order valence-corrected chi connectivity index (χ4v) is 4.76. The minimum Gasteiger partial charge on any atom is -0.323 e. The van der Waals surface area contributed by atoms with Crippen LogP contribution in [-0.2, 0) is 16.6 Å². The van der Waals surface area contributed by atoms with Crippen LogP contribution in [0.2, 0.25) is 0 Å². The Kier molecular flexibility index (Phi) is 6.42. The molecule has 1 amide bonds. The number of rotatable bonds is 7. The lowest BCUT2D eigenvalue weighted by atomic mass is 9.69. The first-order chi connectivity index (χ1) is 17.6. The van der Waals surface area contributed by atoms with Gasteiger partial charge in [0.05, 0.1) is 11.2 Å². The zero-order valence-electron chi connectivity index (χ0n) is 20.0.